The number of benzene rings is 1. The minimum atomic E-state index is 0. The SMILES string of the molecule is CN=C(NCCCOCC1CCCO1)NCc1c(C)nn(Cc2ccccc2)c1C.I. The van der Waals surface area contributed by atoms with Crippen LogP contribution in [0.5, 0.6) is 0 Å². The highest BCUT2D eigenvalue weighted by Gasteiger charge is 2.15. The third-order valence-corrected chi connectivity index (χ3v) is 5.45. The molecule has 1 unspecified atom stereocenters. The molecular formula is C23H36IN5O2. The van der Waals surface area contributed by atoms with E-state index in [-0.39, 0.29) is 24.0 Å². The van der Waals surface area contributed by atoms with Gasteiger partial charge < -0.3 is 20.1 Å². The van der Waals surface area contributed by atoms with Crippen molar-refractivity contribution in [2.45, 2.75) is 52.3 Å². The monoisotopic (exact) mass is 541 g/mol. The van der Waals surface area contributed by atoms with Crippen LogP contribution in [0, 0.1) is 13.8 Å². The van der Waals surface area contributed by atoms with E-state index in [1.54, 1.807) is 7.05 Å². The quantitative estimate of drug-likeness (QED) is 0.209. The van der Waals surface area contributed by atoms with Gasteiger partial charge in [-0.3, -0.25) is 9.67 Å². The number of aliphatic imine (C=N–C) groups is 1. The van der Waals surface area contributed by atoms with Crippen molar-refractivity contribution < 1.29 is 9.47 Å². The highest BCUT2D eigenvalue weighted by molar-refractivity contribution is 14.0. The molecule has 1 saturated heterocycles. The van der Waals surface area contributed by atoms with Gasteiger partial charge in [0.25, 0.3) is 0 Å². The zero-order chi connectivity index (χ0) is 21.2. The highest BCUT2D eigenvalue weighted by atomic mass is 127. The van der Waals surface area contributed by atoms with Gasteiger partial charge in [-0.15, -0.1) is 24.0 Å². The number of guanidine groups is 1. The Morgan fingerprint density at radius 1 is 1.26 bits per heavy atom. The van der Waals surface area contributed by atoms with Gasteiger partial charge in [0.15, 0.2) is 5.96 Å². The molecule has 2 N–H and O–H groups in total. The maximum absolute atomic E-state index is 5.71. The summed E-state index contributed by atoms with van der Waals surface area (Å²) in [6, 6.07) is 10.4. The lowest BCUT2D eigenvalue weighted by Crippen LogP contribution is -2.37. The smallest absolute Gasteiger partial charge is 0.191 e. The minimum absolute atomic E-state index is 0. The molecule has 1 fully saturated rings. The molecule has 0 bridgehead atoms. The largest absolute Gasteiger partial charge is 0.379 e. The van der Waals surface area contributed by atoms with Crippen LogP contribution in [0.1, 0.15) is 41.8 Å². The molecule has 1 aliphatic heterocycles. The van der Waals surface area contributed by atoms with E-state index in [1.807, 2.05) is 6.07 Å². The van der Waals surface area contributed by atoms with Gasteiger partial charge in [-0.1, -0.05) is 30.3 Å². The maximum atomic E-state index is 5.71. The molecular weight excluding hydrogens is 505 g/mol. The van der Waals surface area contributed by atoms with Crippen LogP contribution in [0.3, 0.4) is 0 Å². The number of nitrogens with one attached hydrogen (secondary N) is 2. The van der Waals surface area contributed by atoms with Crippen LogP contribution in [0.25, 0.3) is 0 Å². The van der Waals surface area contributed by atoms with Crippen molar-refractivity contribution in [3.8, 4) is 0 Å². The molecule has 172 valence electrons. The first-order chi connectivity index (χ1) is 14.7. The predicted octanol–water partition coefficient (Wildman–Crippen LogP) is 3.42. The Bertz CT molecular complexity index is 804. The van der Waals surface area contributed by atoms with Crippen molar-refractivity contribution in [3.63, 3.8) is 0 Å². The van der Waals surface area contributed by atoms with Crippen LogP contribution in [-0.4, -0.2) is 55.3 Å². The molecule has 0 spiro atoms. The van der Waals surface area contributed by atoms with Gasteiger partial charge >= 0.3 is 0 Å². The van der Waals surface area contributed by atoms with E-state index in [9.17, 15) is 0 Å². The molecule has 2 aromatic rings. The van der Waals surface area contributed by atoms with Gasteiger partial charge in [-0.05, 0) is 38.7 Å². The summed E-state index contributed by atoms with van der Waals surface area (Å²) in [7, 11) is 1.79. The molecule has 0 amide bonds. The zero-order valence-corrected chi connectivity index (χ0v) is 21.2. The lowest BCUT2D eigenvalue weighted by Gasteiger charge is -2.13. The van der Waals surface area contributed by atoms with E-state index in [0.29, 0.717) is 19.3 Å². The third-order valence-electron chi connectivity index (χ3n) is 5.45. The highest BCUT2D eigenvalue weighted by Crippen LogP contribution is 2.15. The molecule has 1 aromatic heterocycles. The van der Waals surface area contributed by atoms with Gasteiger partial charge in [0.1, 0.15) is 0 Å². The molecule has 0 saturated carbocycles. The summed E-state index contributed by atoms with van der Waals surface area (Å²) in [5.41, 5.74) is 4.70. The Hall–Kier alpha value is -1.65. The second-order valence-electron chi connectivity index (χ2n) is 7.71. The van der Waals surface area contributed by atoms with Gasteiger partial charge in [-0.25, -0.2) is 0 Å². The summed E-state index contributed by atoms with van der Waals surface area (Å²) < 4.78 is 13.3. The van der Waals surface area contributed by atoms with Crippen molar-refractivity contribution in [1.29, 1.82) is 0 Å². The van der Waals surface area contributed by atoms with Crippen LogP contribution >= 0.6 is 24.0 Å². The fourth-order valence-corrected chi connectivity index (χ4v) is 3.66. The van der Waals surface area contributed by atoms with Crippen molar-refractivity contribution in [2.75, 3.05) is 33.4 Å². The Balaban J connectivity index is 0.00000341. The summed E-state index contributed by atoms with van der Waals surface area (Å²) in [4.78, 5) is 4.32. The number of hydrogen-bond donors (Lipinski definition) is 2. The Labute approximate surface area is 203 Å². The van der Waals surface area contributed by atoms with Gasteiger partial charge in [0, 0.05) is 44.6 Å². The summed E-state index contributed by atoms with van der Waals surface area (Å²) in [5.74, 6) is 0.795. The van der Waals surface area contributed by atoms with Crippen LogP contribution < -0.4 is 10.6 Å². The molecule has 0 radical (unpaired) electrons. The fraction of sp³-hybridized carbons (Fsp3) is 0.565. The van der Waals surface area contributed by atoms with E-state index >= 15 is 0 Å². The van der Waals surface area contributed by atoms with Crippen molar-refractivity contribution in [3.05, 3.63) is 52.8 Å². The van der Waals surface area contributed by atoms with E-state index in [0.717, 1.165) is 57.2 Å². The zero-order valence-electron chi connectivity index (χ0n) is 18.9. The van der Waals surface area contributed by atoms with E-state index in [2.05, 4.69) is 58.4 Å². The Kier molecular flexibility index (Phi) is 11.3. The standard InChI is InChI=1S/C23H35N5O2.HI/c1-18-22(19(2)28(27-18)16-20-9-5-4-6-10-20)15-26-23(24-3)25-12-8-13-29-17-21-11-7-14-30-21;/h4-6,9-10,21H,7-8,11-17H2,1-3H3,(H2,24,25,26);1H. The van der Waals surface area contributed by atoms with Crippen LogP contribution in [0.4, 0.5) is 0 Å². The first kappa shape index (κ1) is 25.6. The van der Waals surface area contributed by atoms with Gasteiger partial charge in [0.05, 0.1) is 24.9 Å². The molecule has 1 aliphatic rings. The number of nitrogens with zero attached hydrogens (tertiary/aromatic N) is 3. The number of ether oxygens (including phenoxy) is 2. The first-order valence-corrected chi connectivity index (χ1v) is 10.9. The van der Waals surface area contributed by atoms with Crippen LogP contribution in [0.15, 0.2) is 35.3 Å². The Morgan fingerprint density at radius 3 is 2.77 bits per heavy atom. The van der Waals surface area contributed by atoms with Crippen LogP contribution in [0.2, 0.25) is 0 Å². The fourth-order valence-electron chi connectivity index (χ4n) is 3.66. The molecule has 1 aromatic carbocycles. The minimum Gasteiger partial charge on any atom is -0.379 e. The van der Waals surface area contributed by atoms with Gasteiger partial charge in [-0.2, -0.15) is 5.10 Å². The summed E-state index contributed by atoms with van der Waals surface area (Å²) in [5, 5.41) is 11.5. The lowest BCUT2D eigenvalue weighted by molar-refractivity contribution is 0.0168. The predicted molar refractivity (Wildman–Crippen MR) is 135 cm³/mol. The number of halogens is 1. The van der Waals surface area contributed by atoms with Crippen LogP contribution in [-0.2, 0) is 22.6 Å². The maximum Gasteiger partial charge on any atom is 0.191 e. The lowest BCUT2D eigenvalue weighted by atomic mass is 10.2. The van der Waals surface area contributed by atoms with Gasteiger partial charge in [0.2, 0.25) is 0 Å². The van der Waals surface area contributed by atoms with E-state index in [1.165, 1.54) is 16.8 Å². The Morgan fingerprint density at radius 2 is 2.06 bits per heavy atom. The topological polar surface area (TPSA) is 72.7 Å². The molecule has 1 atom stereocenters. The molecule has 3 rings (SSSR count). The summed E-state index contributed by atoms with van der Waals surface area (Å²) in [6.07, 6.45) is 3.50. The number of aryl methyl sites for hydroxylation is 1. The second-order valence-corrected chi connectivity index (χ2v) is 7.71. The third kappa shape index (κ3) is 8.08. The molecule has 7 nitrogen and oxygen atoms in total. The number of rotatable bonds is 10. The van der Waals surface area contributed by atoms with Crippen molar-refractivity contribution in [2.24, 2.45) is 4.99 Å². The van der Waals surface area contributed by atoms with E-state index in [4.69, 9.17) is 14.6 Å². The first-order valence-electron chi connectivity index (χ1n) is 10.9. The number of hydrogen-bond acceptors (Lipinski definition) is 4. The van der Waals surface area contributed by atoms with Crippen molar-refractivity contribution >= 4 is 29.9 Å². The van der Waals surface area contributed by atoms with E-state index < -0.39 is 0 Å². The average molecular weight is 541 g/mol. The van der Waals surface area contributed by atoms with Crippen molar-refractivity contribution in [1.82, 2.24) is 20.4 Å². The second kappa shape index (κ2) is 13.7. The molecule has 8 heteroatoms. The normalized spacial score (nSPS) is 16.2. The molecule has 31 heavy (non-hydrogen) atoms. The molecule has 0 aliphatic carbocycles. The summed E-state index contributed by atoms with van der Waals surface area (Å²) in [6.45, 7) is 8.80. The number of aromatic nitrogens is 2. The molecule has 2 heterocycles. The summed E-state index contributed by atoms with van der Waals surface area (Å²) >= 11 is 0. The average Bonchev–Trinajstić information content (AvgIpc) is 3.36.